The normalized spacial score (nSPS) is 19.9. The molecule has 3 rings (SSSR count). The zero-order valence-electron chi connectivity index (χ0n) is 13.8. The first-order chi connectivity index (χ1) is 12.2. The van der Waals surface area contributed by atoms with Crippen molar-refractivity contribution in [3.63, 3.8) is 0 Å². The number of amides is 2. The van der Waals surface area contributed by atoms with E-state index in [1.54, 1.807) is 30.6 Å². The molecule has 2 N–H and O–H groups in total. The highest BCUT2D eigenvalue weighted by Gasteiger charge is 2.24. The Kier molecular flexibility index (Phi) is 5.77. The number of aromatic nitrogens is 2. The van der Waals surface area contributed by atoms with Crippen LogP contribution in [0.25, 0.3) is 0 Å². The molecule has 0 saturated heterocycles. The fraction of sp³-hybridized carbons (Fsp3) is 0.389. The SMILES string of the molecule is O=C(NCc1ccc(F)cc1)NC1CCC(Oc2ncccn2)CC1. The van der Waals surface area contributed by atoms with E-state index in [1.165, 1.54) is 12.1 Å². The number of halogens is 1. The minimum absolute atomic E-state index is 0.0859. The number of urea groups is 1. The third kappa shape index (κ3) is 5.41. The van der Waals surface area contributed by atoms with Crippen molar-refractivity contribution in [2.24, 2.45) is 0 Å². The largest absolute Gasteiger partial charge is 0.460 e. The van der Waals surface area contributed by atoms with E-state index in [2.05, 4.69) is 20.6 Å². The number of nitrogens with zero attached hydrogens (tertiary/aromatic N) is 2. The van der Waals surface area contributed by atoms with Crippen LogP contribution in [-0.2, 0) is 6.54 Å². The van der Waals surface area contributed by atoms with E-state index >= 15 is 0 Å². The third-order valence-corrected chi connectivity index (χ3v) is 4.19. The van der Waals surface area contributed by atoms with Gasteiger partial charge in [0.15, 0.2) is 0 Å². The van der Waals surface area contributed by atoms with E-state index in [4.69, 9.17) is 4.74 Å². The minimum Gasteiger partial charge on any atom is -0.460 e. The van der Waals surface area contributed by atoms with Gasteiger partial charge in [0, 0.05) is 25.0 Å². The van der Waals surface area contributed by atoms with Crippen molar-refractivity contribution in [3.8, 4) is 6.01 Å². The van der Waals surface area contributed by atoms with Gasteiger partial charge in [-0.2, -0.15) is 0 Å². The summed E-state index contributed by atoms with van der Waals surface area (Å²) in [7, 11) is 0. The van der Waals surface area contributed by atoms with Crippen molar-refractivity contribution in [3.05, 3.63) is 54.1 Å². The molecule has 1 heterocycles. The van der Waals surface area contributed by atoms with Gasteiger partial charge in [-0.1, -0.05) is 12.1 Å². The first-order valence-electron chi connectivity index (χ1n) is 8.41. The van der Waals surface area contributed by atoms with Gasteiger partial charge in [-0.25, -0.2) is 19.2 Å². The summed E-state index contributed by atoms with van der Waals surface area (Å²) in [4.78, 5) is 20.1. The topological polar surface area (TPSA) is 76.1 Å². The first kappa shape index (κ1) is 17.1. The predicted molar refractivity (Wildman–Crippen MR) is 90.5 cm³/mol. The van der Waals surface area contributed by atoms with Gasteiger partial charge in [-0.05, 0) is 49.4 Å². The highest BCUT2D eigenvalue weighted by molar-refractivity contribution is 5.74. The minimum atomic E-state index is -0.284. The molecule has 1 aliphatic rings. The molecule has 0 aliphatic heterocycles. The highest BCUT2D eigenvalue weighted by Crippen LogP contribution is 2.21. The summed E-state index contributed by atoms with van der Waals surface area (Å²) in [6, 6.07) is 8.14. The maximum atomic E-state index is 12.8. The van der Waals surface area contributed by atoms with Gasteiger partial charge in [0.05, 0.1) is 0 Å². The Balaban J connectivity index is 1.36. The molecule has 1 aromatic carbocycles. The average molecular weight is 344 g/mol. The quantitative estimate of drug-likeness (QED) is 0.874. The van der Waals surface area contributed by atoms with Gasteiger partial charge in [0.2, 0.25) is 0 Å². The lowest BCUT2D eigenvalue weighted by Gasteiger charge is -2.28. The number of benzene rings is 1. The molecule has 0 spiro atoms. The number of ether oxygens (including phenoxy) is 1. The van der Waals surface area contributed by atoms with Crippen LogP contribution in [0.3, 0.4) is 0 Å². The second-order valence-electron chi connectivity index (χ2n) is 6.08. The first-order valence-corrected chi connectivity index (χ1v) is 8.41. The van der Waals surface area contributed by atoms with Crippen molar-refractivity contribution in [2.75, 3.05) is 0 Å². The lowest BCUT2D eigenvalue weighted by Crippen LogP contribution is -2.44. The summed E-state index contributed by atoms with van der Waals surface area (Å²) in [5, 5.41) is 5.77. The van der Waals surface area contributed by atoms with Gasteiger partial charge >= 0.3 is 12.0 Å². The van der Waals surface area contributed by atoms with Crippen LogP contribution < -0.4 is 15.4 Å². The molecule has 1 saturated carbocycles. The molecular weight excluding hydrogens is 323 g/mol. The maximum Gasteiger partial charge on any atom is 0.316 e. The summed E-state index contributed by atoms with van der Waals surface area (Å²) in [6.07, 6.45) is 6.79. The van der Waals surface area contributed by atoms with E-state index in [0.717, 1.165) is 31.2 Å². The molecule has 1 aliphatic carbocycles. The Morgan fingerprint density at radius 1 is 1.12 bits per heavy atom. The van der Waals surface area contributed by atoms with Crippen LogP contribution in [0.2, 0.25) is 0 Å². The molecule has 7 heteroatoms. The van der Waals surface area contributed by atoms with E-state index in [1.807, 2.05) is 0 Å². The van der Waals surface area contributed by atoms with E-state index in [0.29, 0.717) is 12.6 Å². The highest BCUT2D eigenvalue weighted by atomic mass is 19.1. The Hall–Kier alpha value is -2.70. The molecule has 2 aromatic rings. The molecule has 1 aromatic heterocycles. The van der Waals surface area contributed by atoms with E-state index in [9.17, 15) is 9.18 Å². The molecular formula is C18H21FN4O2. The monoisotopic (exact) mass is 344 g/mol. The van der Waals surface area contributed by atoms with Crippen LogP contribution in [0.4, 0.5) is 9.18 Å². The number of carbonyl (C=O) groups excluding carboxylic acids is 1. The summed E-state index contributed by atoms with van der Waals surface area (Å²) in [5.74, 6) is -0.284. The standard InChI is InChI=1S/C18H21FN4O2/c19-14-4-2-13(3-5-14)12-22-17(24)23-15-6-8-16(9-7-15)25-18-20-10-1-11-21-18/h1-5,10-11,15-16H,6-9,12H2,(H2,22,23,24). The fourth-order valence-electron chi connectivity index (χ4n) is 2.84. The number of nitrogens with one attached hydrogen (secondary N) is 2. The Bertz CT molecular complexity index is 673. The van der Waals surface area contributed by atoms with Gasteiger partial charge in [0.25, 0.3) is 0 Å². The smallest absolute Gasteiger partial charge is 0.316 e. The second kappa shape index (κ2) is 8.41. The predicted octanol–water partition coefficient (Wildman–Crippen LogP) is 2.81. The third-order valence-electron chi connectivity index (χ3n) is 4.19. The van der Waals surface area contributed by atoms with Gasteiger partial charge in [0.1, 0.15) is 11.9 Å². The summed E-state index contributed by atoms with van der Waals surface area (Å²) >= 11 is 0. The van der Waals surface area contributed by atoms with Crippen molar-refractivity contribution in [1.29, 1.82) is 0 Å². The molecule has 1 fully saturated rings. The summed E-state index contributed by atoms with van der Waals surface area (Å²) in [6.45, 7) is 0.371. The van der Waals surface area contributed by atoms with Crippen LogP contribution in [-0.4, -0.2) is 28.1 Å². The number of rotatable bonds is 5. The number of hydrogen-bond donors (Lipinski definition) is 2. The second-order valence-corrected chi connectivity index (χ2v) is 6.08. The molecule has 0 radical (unpaired) electrons. The van der Waals surface area contributed by atoms with Crippen molar-refractivity contribution < 1.29 is 13.9 Å². The van der Waals surface area contributed by atoms with Gasteiger partial charge in [-0.3, -0.25) is 0 Å². The maximum absolute atomic E-state index is 12.8. The molecule has 25 heavy (non-hydrogen) atoms. The molecule has 0 atom stereocenters. The molecule has 0 bridgehead atoms. The molecule has 6 nitrogen and oxygen atoms in total. The van der Waals surface area contributed by atoms with Crippen LogP contribution >= 0.6 is 0 Å². The number of hydrogen-bond acceptors (Lipinski definition) is 4. The zero-order valence-corrected chi connectivity index (χ0v) is 13.8. The Morgan fingerprint density at radius 2 is 1.80 bits per heavy atom. The molecule has 132 valence electrons. The average Bonchev–Trinajstić information content (AvgIpc) is 2.64. The fourth-order valence-corrected chi connectivity index (χ4v) is 2.84. The van der Waals surface area contributed by atoms with Crippen molar-refractivity contribution >= 4 is 6.03 Å². The zero-order chi connectivity index (χ0) is 17.5. The number of carbonyl (C=O) groups is 1. The van der Waals surface area contributed by atoms with Crippen LogP contribution in [0.1, 0.15) is 31.2 Å². The van der Waals surface area contributed by atoms with Gasteiger partial charge in [-0.15, -0.1) is 0 Å². The Labute approximate surface area is 145 Å². The van der Waals surface area contributed by atoms with Gasteiger partial charge < -0.3 is 15.4 Å². The lowest BCUT2D eigenvalue weighted by atomic mass is 9.93. The van der Waals surface area contributed by atoms with Crippen LogP contribution in [0, 0.1) is 5.82 Å². The molecule has 2 amide bonds. The Morgan fingerprint density at radius 3 is 2.48 bits per heavy atom. The van der Waals surface area contributed by atoms with E-state index in [-0.39, 0.29) is 24.0 Å². The lowest BCUT2D eigenvalue weighted by molar-refractivity contribution is 0.129. The van der Waals surface area contributed by atoms with Crippen LogP contribution in [0.5, 0.6) is 6.01 Å². The summed E-state index contributed by atoms with van der Waals surface area (Å²) in [5.41, 5.74) is 0.858. The van der Waals surface area contributed by atoms with E-state index < -0.39 is 0 Å². The summed E-state index contributed by atoms with van der Waals surface area (Å²) < 4.78 is 18.6. The van der Waals surface area contributed by atoms with Crippen molar-refractivity contribution in [1.82, 2.24) is 20.6 Å². The van der Waals surface area contributed by atoms with Crippen molar-refractivity contribution in [2.45, 2.75) is 44.4 Å². The van der Waals surface area contributed by atoms with Crippen LogP contribution in [0.15, 0.2) is 42.7 Å². The molecule has 0 unspecified atom stereocenters.